The average Bonchev–Trinajstić information content (AvgIpc) is 3.06. The number of non-ortho nitro benzene ring substituents is 1. The highest BCUT2D eigenvalue weighted by Crippen LogP contribution is 2.44. The van der Waals surface area contributed by atoms with Gasteiger partial charge in [-0.05, 0) is 19.1 Å². The lowest BCUT2D eigenvalue weighted by Crippen LogP contribution is -2.33. The van der Waals surface area contributed by atoms with Crippen LogP contribution in [0.3, 0.4) is 0 Å². The van der Waals surface area contributed by atoms with E-state index in [2.05, 4.69) is 4.98 Å². The molecule has 1 fully saturated rings. The maximum absolute atomic E-state index is 12.0. The van der Waals surface area contributed by atoms with Crippen molar-refractivity contribution in [1.82, 2.24) is 9.55 Å². The molecule has 2 N–H and O–H groups in total. The molecule has 1 aromatic heterocycles. The fraction of sp³-hybridized carbons (Fsp3) is 0.375. The number of aliphatic hydroxyl groups excluding tert-OH is 1. The zero-order valence-corrected chi connectivity index (χ0v) is 15.9. The van der Waals surface area contributed by atoms with Gasteiger partial charge in [0.1, 0.15) is 6.23 Å². The summed E-state index contributed by atoms with van der Waals surface area (Å²) in [7, 11) is 2.89. The van der Waals surface area contributed by atoms with Crippen molar-refractivity contribution in [3.8, 4) is 0 Å². The van der Waals surface area contributed by atoms with Gasteiger partial charge in [-0.15, -0.1) is 0 Å². The Kier molecular flexibility index (Phi) is 6.05. The lowest BCUT2D eigenvalue weighted by Gasteiger charge is -2.15. The number of benzene rings is 1. The predicted molar refractivity (Wildman–Crippen MR) is 102 cm³/mol. The van der Waals surface area contributed by atoms with Gasteiger partial charge in [-0.25, -0.2) is 4.79 Å². The molecule has 0 amide bonds. The van der Waals surface area contributed by atoms with Gasteiger partial charge in [0, 0.05) is 40.5 Å². The second-order valence-corrected chi connectivity index (χ2v) is 8.51. The Bertz CT molecular complexity index is 942. The number of nitro benzene ring substituents is 1. The van der Waals surface area contributed by atoms with Crippen molar-refractivity contribution in [2.24, 2.45) is 0 Å². The molecular weight excluding hydrogens is 394 g/mol. The van der Waals surface area contributed by atoms with Gasteiger partial charge in [-0.3, -0.25) is 24.5 Å². The number of aromatic amines is 1. The van der Waals surface area contributed by atoms with Crippen LogP contribution in [0.2, 0.25) is 0 Å². The summed E-state index contributed by atoms with van der Waals surface area (Å²) in [6.45, 7) is 1.40. The van der Waals surface area contributed by atoms with Crippen LogP contribution in [0.1, 0.15) is 18.2 Å². The molecular formula is C16H17N3O6S2. The fourth-order valence-electron chi connectivity index (χ4n) is 2.68. The topological polar surface area (TPSA) is 127 Å². The van der Waals surface area contributed by atoms with Crippen LogP contribution in [-0.2, 0) is 4.74 Å². The third-order valence-corrected chi connectivity index (χ3v) is 7.04. The summed E-state index contributed by atoms with van der Waals surface area (Å²) in [6, 6.07) is 6.19. The molecule has 0 radical (unpaired) electrons. The summed E-state index contributed by atoms with van der Waals surface area (Å²) in [6.07, 6.45) is 0.878. The molecule has 0 aliphatic carbocycles. The van der Waals surface area contributed by atoms with E-state index >= 15 is 0 Å². The van der Waals surface area contributed by atoms with E-state index in [1.165, 1.54) is 44.5 Å². The first kappa shape index (κ1) is 19.7. The Morgan fingerprint density at radius 3 is 2.70 bits per heavy atom. The molecule has 2 heterocycles. The smallest absolute Gasteiger partial charge is 0.330 e. The molecule has 1 saturated heterocycles. The highest BCUT2D eigenvalue weighted by Gasteiger charge is 2.37. The standard InChI is InChI=1S/C16H17N3O6S2/c1-9-7-18(16(22)17-15(9)21)14-6-13(12(8-20)25-14)27-26-11-4-2-10(3-5-11)19(23)24/h2-5,7,12-14,20H,6,8H2,1H3,(H,17,21,22)/t12-,13?,14?/m1/s1. The molecule has 1 aliphatic heterocycles. The molecule has 0 spiro atoms. The van der Waals surface area contributed by atoms with Crippen LogP contribution in [-0.4, -0.2) is 37.5 Å². The SMILES string of the molecule is Cc1cn(C2CC(SSc3ccc([N+](=O)[O-])cc3)[C@@H](CO)O2)c(=O)[nH]c1=O. The highest BCUT2D eigenvalue weighted by molar-refractivity contribution is 8.77. The minimum atomic E-state index is -0.583. The first-order valence-electron chi connectivity index (χ1n) is 8.05. The predicted octanol–water partition coefficient (Wildman–Crippen LogP) is 1.84. The molecule has 9 nitrogen and oxygen atoms in total. The van der Waals surface area contributed by atoms with Crippen LogP contribution >= 0.6 is 21.6 Å². The number of H-pyrrole nitrogens is 1. The zero-order chi connectivity index (χ0) is 19.6. The van der Waals surface area contributed by atoms with Crippen molar-refractivity contribution in [3.05, 3.63) is 67.0 Å². The molecule has 1 aliphatic rings. The van der Waals surface area contributed by atoms with Gasteiger partial charge < -0.3 is 9.84 Å². The number of rotatable bonds is 6. The first-order chi connectivity index (χ1) is 12.9. The molecule has 11 heteroatoms. The third kappa shape index (κ3) is 4.43. The third-order valence-electron chi connectivity index (χ3n) is 4.13. The quantitative estimate of drug-likeness (QED) is 0.419. The van der Waals surface area contributed by atoms with Crippen molar-refractivity contribution in [2.75, 3.05) is 6.61 Å². The van der Waals surface area contributed by atoms with Gasteiger partial charge >= 0.3 is 5.69 Å². The number of nitro groups is 1. The maximum atomic E-state index is 12.0. The van der Waals surface area contributed by atoms with Crippen LogP contribution in [0.15, 0.2) is 44.9 Å². The molecule has 1 aromatic carbocycles. The van der Waals surface area contributed by atoms with E-state index in [0.29, 0.717) is 12.0 Å². The molecule has 27 heavy (non-hydrogen) atoms. The van der Waals surface area contributed by atoms with Crippen LogP contribution < -0.4 is 11.2 Å². The summed E-state index contributed by atoms with van der Waals surface area (Å²) >= 11 is 0. The normalized spacial score (nSPS) is 22.1. The number of nitrogens with one attached hydrogen (secondary N) is 1. The van der Waals surface area contributed by atoms with Crippen molar-refractivity contribution < 1.29 is 14.8 Å². The largest absolute Gasteiger partial charge is 0.394 e. The van der Waals surface area contributed by atoms with Gasteiger partial charge in [-0.1, -0.05) is 21.6 Å². The Hall–Kier alpha value is -2.08. The van der Waals surface area contributed by atoms with E-state index in [0.717, 1.165) is 4.90 Å². The van der Waals surface area contributed by atoms with Crippen molar-refractivity contribution in [1.29, 1.82) is 0 Å². The van der Waals surface area contributed by atoms with E-state index in [4.69, 9.17) is 4.74 Å². The number of aromatic nitrogens is 2. The summed E-state index contributed by atoms with van der Waals surface area (Å²) < 4.78 is 7.12. The van der Waals surface area contributed by atoms with Gasteiger partial charge in [0.2, 0.25) is 0 Å². The monoisotopic (exact) mass is 411 g/mol. The van der Waals surface area contributed by atoms with Crippen LogP contribution in [0.5, 0.6) is 0 Å². The Morgan fingerprint density at radius 2 is 2.07 bits per heavy atom. The number of ether oxygens (including phenoxy) is 1. The molecule has 0 bridgehead atoms. The fourth-order valence-corrected chi connectivity index (χ4v) is 5.32. The van der Waals surface area contributed by atoms with E-state index in [9.17, 15) is 24.8 Å². The molecule has 144 valence electrons. The highest BCUT2D eigenvalue weighted by atomic mass is 33.1. The molecule has 3 atom stereocenters. The Balaban J connectivity index is 1.69. The van der Waals surface area contributed by atoms with Gasteiger partial charge in [0.25, 0.3) is 11.2 Å². The first-order valence-corrected chi connectivity index (χ1v) is 10.3. The summed E-state index contributed by atoms with van der Waals surface area (Å²) in [5.74, 6) is 0. The van der Waals surface area contributed by atoms with Gasteiger partial charge in [-0.2, -0.15) is 0 Å². The van der Waals surface area contributed by atoms with E-state index < -0.39 is 28.5 Å². The van der Waals surface area contributed by atoms with Crippen LogP contribution in [0, 0.1) is 17.0 Å². The van der Waals surface area contributed by atoms with E-state index in [1.807, 2.05) is 0 Å². The minimum absolute atomic E-state index is 0.0228. The number of hydrogen-bond acceptors (Lipinski definition) is 8. The van der Waals surface area contributed by atoms with E-state index in [-0.39, 0.29) is 17.5 Å². The van der Waals surface area contributed by atoms with Crippen molar-refractivity contribution in [3.63, 3.8) is 0 Å². The van der Waals surface area contributed by atoms with E-state index in [1.54, 1.807) is 19.1 Å². The number of aryl methyl sites for hydroxylation is 1. The second kappa shape index (κ2) is 8.30. The van der Waals surface area contributed by atoms with Gasteiger partial charge in [0.15, 0.2) is 0 Å². The lowest BCUT2D eigenvalue weighted by atomic mass is 10.2. The molecule has 2 unspecified atom stereocenters. The zero-order valence-electron chi connectivity index (χ0n) is 14.2. The summed E-state index contributed by atoms with van der Waals surface area (Å²) in [4.78, 5) is 36.9. The van der Waals surface area contributed by atoms with Crippen molar-refractivity contribution in [2.45, 2.75) is 35.8 Å². The summed E-state index contributed by atoms with van der Waals surface area (Å²) in [5.41, 5.74) is -0.571. The van der Waals surface area contributed by atoms with Crippen LogP contribution in [0.4, 0.5) is 5.69 Å². The lowest BCUT2D eigenvalue weighted by molar-refractivity contribution is -0.384. The molecule has 0 saturated carbocycles. The Morgan fingerprint density at radius 1 is 1.37 bits per heavy atom. The average molecular weight is 411 g/mol. The number of aliphatic hydroxyl groups is 1. The Labute approximate surface area is 161 Å². The second-order valence-electron chi connectivity index (χ2n) is 6.00. The number of hydrogen-bond donors (Lipinski definition) is 2. The number of nitrogens with zero attached hydrogens (tertiary/aromatic N) is 2. The van der Waals surface area contributed by atoms with Crippen molar-refractivity contribution >= 4 is 27.3 Å². The molecule has 2 aromatic rings. The maximum Gasteiger partial charge on any atom is 0.330 e. The van der Waals surface area contributed by atoms with Gasteiger partial charge in [0.05, 0.1) is 17.6 Å². The minimum Gasteiger partial charge on any atom is -0.394 e. The van der Waals surface area contributed by atoms with Crippen LogP contribution in [0.25, 0.3) is 0 Å². The summed E-state index contributed by atoms with van der Waals surface area (Å²) in [5, 5.41) is 20.2. The molecule has 3 rings (SSSR count).